The smallest absolute Gasteiger partial charge is 0.341 e. The number of anilines is 1. The number of Topliss-reactive ketones (excluding diaryl/α,β-unsaturated/α-hetero) is 1. The molecule has 0 atom stereocenters. The molecular formula is C25H31NO6S. The third kappa shape index (κ3) is 7.18. The van der Waals surface area contributed by atoms with Crippen LogP contribution in [0.4, 0.5) is 5.00 Å². The average Bonchev–Trinajstić information content (AvgIpc) is 3.10. The van der Waals surface area contributed by atoms with Gasteiger partial charge in [0.2, 0.25) is 5.91 Å². The Morgan fingerprint density at radius 2 is 1.82 bits per heavy atom. The molecule has 0 aliphatic rings. The van der Waals surface area contributed by atoms with Gasteiger partial charge in [0.05, 0.1) is 30.3 Å². The molecule has 7 nitrogen and oxygen atoms in total. The maximum atomic E-state index is 12.6. The van der Waals surface area contributed by atoms with Gasteiger partial charge >= 0.3 is 5.97 Å². The Balaban J connectivity index is 2.21. The predicted octanol–water partition coefficient (Wildman–Crippen LogP) is 5.67. The summed E-state index contributed by atoms with van der Waals surface area (Å²) in [5.74, 6) is 0.0949. The Morgan fingerprint density at radius 1 is 1.06 bits per heavy atom. The molecule has 0 fully saturated rings. The lowest BCUT2D eigenvalue weighted by Gasteiger charge is -2.12. The second kappa shape index (κ2) is 12.8. The van der Waals surface area contributed by atoms with E-state index >= 15 is 0 Å². The highest BCUT2D eigenvalue weighted by molar-refractivity contribution is 7.18. The van der Waals surface area contributed by atoms with Crippen molar-refractivity contribution < 1.29 is 28.6 Å². The fourth-order valence-electron chi connectivity index (χ4n) is 3.05. The monoisotopic (exact) mass is 473 g/mol. The van der Waals surface area contributed by atoms with Crippen LogP contribution in [0.3, 0.4) is 0 Å². The number of rotatable bonds is 12. The zero-order valence-electron chi connectivity index (χ0n) is 19.8. The quantitative estimate of drug-likeness (QED) is 0.185. The summed E-state index contributed by atoms with van der Waals surface area (Å²) in [6.45, 7) is 10.1. The molecule has 1 amide bonds. The minimum atomic E-state index is -0.571. The van der Waals surface area contributed by atoms with Crippen LogP contribution in [0.15, 0.2) is 24.3 Å². The SMILES string of the molecule is CCCCOc1ccc(/C=C/C(=O)Nc2sc(C(C)=O)c(C)c2C(=O)OCC)cc1OCC. The highest BCUT2D eigenvalue weighted by atomic mass is 32.1. The fraction of sp³-hybridized carbons (Fsp3) is 0.400. The lowest BCUT2D eigenvalue weighted by molar-refractivity contribution is -0.111. The van der Waals surface area contributed by atoms with E-state index in [1.807, 2.05) is 25.1 Å². The van der Waals surface area contributed by atoms with E-state index in [0.29, 0.717) is 40.2 Å². The van der Waals surface area contributed by atoms with Crippen LogP contribution in [0.5, 0.6) is 11.5 Å². The Hall–Kier alpha value is -3.13. The summed E-state index contributed by atoms with van der Waals surface area (Å²) in [7, 11) is 0. The van der Waals surface area contributed by atoms with Crippen LogP contribution in [0, 0.1) is 6.92 Å². The molecule has 0 aliphatic heterocycles. The highest BCUT2D eigenvalue weighted by Gasteiger charge is 2.24. The number of thiophene rings is 1. The molecule has 1 N–H and O–H groups in total. The zero-order chi connectivity index (χ0) is 24.4. The Bertz CT molecular complexity index is 1020. The molecule has 0 radical (unpaired) electrons. The van der Waals surface area contributed by atoms with Gasteiger partial charge in [0, 0.05) is 6.08 Å². The number of carbonyl (C=O) groups excluding carboxylic acids is 3. The number of ketones is 1. The first kappa shape index (κ1) is 26.1. The van der Waals surface area contributed by atoms with E-state index in [9.17, 15) is 14.4 Å². The molecular weight excluding hydrogens is 442 g/mol. The first-order valence-electron chi connectivity index (χ1n) is 11.0. The molecule has 0 unspecified atom stereocenters. The third-order valence-electron chi connectivity index (χ3n) is 4.63. The van der Waals surface area contributed by atoms with Gasteiger partial charge in [-0.15, -0.1) is 11.3 Å². The molecule has 2 aromatic rings. The largest absolute Gasteiger partial charge is 0.490 e. The lowest BCUT2D eigenvalue weighted by Crippen LogP contribution is -2.12. The van der Waals surface area contributed by atoms with Crippen LogP contribution in [-0.2, 0) is 9.53 Å². The van der Waals surface area contributed by atoms with Crippen LogP contribution >= 0.6 is 11.3 Å². The van der Waals surface area contributed by atoms with Crippen LogP contribution in [-0.4, -0.2) is 37.5 Å². The molecule has 33 heavy (non-hydrogen) atoms. The van der Waals surface area contributed by atoms with Crippen molar-refractivity contribution >= 4 is 40.1 Å². The highest BCUT2D eigenvalue weighted by Crippen LogP contribution is 2.34. The van der Waals surface area contributed by atoms with E-state index in [2.05, 4.69) is 12.2 Å². The number of unbranched alkanes of at least 4 members (excludes halogenated alkanes) is 1. The second-order valence-electron chi connectivity index (χ2n) is 7.20. The number of amides is 1. The molecule has 0 saturated carbocycles. The average molecular weight is 474 g/mol. The van der Waals surface area contributed by atoms with Gasteiger partial charge in [-0.3, -0.25) is 9.59 Å². The topological polar surface area (TPSA) is 90.9 Å². The van der Waals surface area contributed by atoms with Crippen molar-refractivity contribution in [2.45, 2.75) is 47.5 Å². The number of nitrogens with one attached hydrogen (secondary N) is 1. The van der Waals surface area contributed by atoms with Crippen molar-refractivity contribution in [2.24, 2.45) is 0 Å². The number of hydrogen-bond acceptors (Lipinski definition) is 7. The first-order valence-corrected chi connectivity index (χ1v) is 11.8. The number of hydrogen-bond donors (Lipinski definition) is 1. The standard InChI is InChI=1S/C25H31NO6S/c1-6-9-14-32-19-12-10-18(15-20(19)30-7-2)11-13-21(28)26-24-22(25(29)31-8-3)16(4)23(33-24)17(5)27/h10-13,15H,6-9,14H2,1-5H3,(H,26,28)/b13-11+. The molecule has 1 heterocycles. The van der Waals surface area contributed by atoms with E-state index in [4.69, 9.17) is 14.2 Å². The van der Waals surface area contributed by atoms with Crippen molar-refractivity contribution in [1.29, 1.82) is 0 Å². The molecule has 1 aromatic heterocycles. The van der Waals surface area contributed by atoms with Gasteiger partial charge in [-0.1, -0.05) is 19.4 Å². The molecule has 178 valence electrons. The van der Waals surface area contributed by atoms with Crippen molar-refractivity contribution in [3.8, 4) is 11.5 Å². The van der Waals surface area contributed by atoms with Crippen LogP contribution in [0.2, 0.25) is 0 Å². The summed E-state index contributed by atoms with van der Waals surface area (Å²) in [6, 6.07) is 5.46. The molecule has 0 aliphatic carbocycles. The number of benzene rings is 1. The van der Waals surface area contributed by atoms with Gasteiger partial charge in [0.15, 0.2) is 17.3 Å². The fourth-order valence-corrected chi connectivity index (χ4v) is 4.15. The zero-order valence-corrected chi connectivity index (χ0v) is 20.6. The number of ether oxygens (including phenoxy) is 3. The molecule has 1 aromatic carbocycles. The molecule has 0 spiro atoms. The van der Waals surface area contributed by atoms with E-state index in [-0.39, 0.29) is 18.0 Å². The summed E-state index contributed by atoms with van der Waals surface area (Å²) in [5.41, 5.74) is 1.47. The minimum Gasteiger partial charge on any atom is -0.490 e. The van der Waals surface area contributed by atoms with Crippen LogP contribution in [0.1, 0.15) is 71.7 Å². The molecule has 0 bridgehead atoms. The van der Waals surface area contributed by atoms with Gasteiger partial charge in [-0.25, -0.2) is 4.79 Å². The maximum absolute atomic E-state index is 12.6. The van der Waals surface area contributed by atoms with E-state index < -0.39 is 11.9 Å². The van der Waals surface area contributed by atoms with Gasteiger partial charge in [0.1, 0.15) is 5.00 Å². The van der Waals surface area contributed by atoms with Crippen LogP contribution < -0.4 is 14.8 Å². The van der Waals surface area contributed by atoms with E-state index in [1.54, 1.807) is 19.9 Å². The van der Waals surface area contributed by atoms with Gasteiger partial charge in [-0.2, -0.15) is 0 Å². The molecule has 8 heteroatoms. The van der Waals surface area contributed by atoms with Crippen molar-refractivity contribution in [1.82, 2.24) is 0 Å². The van der Waals surface area contributed by atoms with Crippen molar-refractivity contribution in [3.63, 3.8) is 0 Å². The summed E-state index contributed by atoms with van der Waals surface area (Å²) >= 11 is 1.07. The Labute approximate surface area is 198 Å². The van der Waals surface area contributed by atoms with E-state index in [1.165, 1.54) is 13.0 Å². The lowest BCUT2D eigenvalue weighted by atomic mass is 10.1. The summed E-state index contributed by atoms with van der Waals surface area (Å²) < 4.78 is 16.5. The minimum absolute atomic E-state index is 0.177. The Kier molecular flexibility index (Phi) is 10.1. The molecule has 0 saturated heterocycles. The summed E-state index contributed by atoms with van der Waals surface area (Å²) in [4.78, 5) is 37.3. The first-order chi connectivity index (χ1) is 15.8. The predicted molar refractivity (Wildman–Crippen MR) is 131 cm³/mol. The normalized spacial score (nSPS) is 10.8. The van der Waals surface area contributed by atoms with Crippen molar-refractivity contribution in [2.75, 3.05) is 25.1 Å². The number of esters is 1. The van der Waals surface area contributed by atoms with Gasteiger partial charge < -0.3 is 19.5 Å². The van der Waals surface area contributed by atoms with Crippen molar-refractivity contribution in [3.05, 3.63) is 45.8 Å². The summed E-state index contributed by atoms with van der Waals surface area (Å²) in [6.07, 6.45) is 4.99. The summed E-state index contributed by atoms with van der Waals surface area (Å²) in [5, 5.41) is 3.00. The van der Waals surface area contributed by atoms with Crippen LogP contribution in [0.25, 0.3) is 6.08 Å². The van der Waals surface area contributed by atoms with E-state index in [0.717, 1.165) is 29.7 Å². The van der Waals surface area contributed by atoms with Gasteiger partial charge in [0.25, 0.3) is 0 Å². The maximum Gasteiger partial charge on any atom is 0.341 e. The Morgan fingerprint density at radius 3 is 2.45 bits per heavy atom. The molecule has 2 rings (SSSR count). The van der Waals surface area contributed by atoms with Gasteiger partial charge in [-0.05, 0) is 63.5 Å². The number of carbonyl (C=O) groups is 3. The third-order valence-corrected chi connectivity index (χ3v) is 5.94. The second-order valence-corrected chi connectivity index (χ2v) is 8.22.